The number of benzene rings is 1. The summed E-state index contributed by atoms with van der Waals surface area (Å²) in [5.74, 6) is -0.901. The zero-order valence-electron chi connectivity index (χ0n) is 14.4. The molecular weight excluding hydrogens is 354 g/mol. The molecule has 0 radical (unpaired) electrons. The summed E-state index contributed by atoms with van der Waals surface area (Å²) in [6, 6.07) is 8.56. The monoisotopic (exact) mass is 373 g/mol. The number of methoxy groups -OCH3 is 1. The van der Waals surface area contributed by atoms with Crippen molar-refractivity contribution in [2.45, 2.75) is 31.7 Å². The molecule has 1 amide bonds. The average molecular weight is 374 g/mol. The first-order valence-electron chi connectivity index (χ1n) is 8.48. The third kappa shape index (κ3) is 4.32. The molecule has 26 heavy (non-hydrogen) atoms. The molecular formula is C19H20ClN3O3. The van der Waals surface area contributed by atoms with Gasteiger partial charge >= 0.3 is 5.97 Å². The third-order valence-corrected chi connectivity index (χ3v) is 4.68. The molecule has 0 saturated heterocycles. The van der Waals surface area contributed by atoms with E-state index in [0.29, 0.717) is 22.3 Å². The first-order chi connectivity index (χ1) is 12.6. The number of pyridine rings is 1. The van der Waals surface area contributed by atoms with Crippen molar-refractivity contribution in [2.75, 3.05) is 17.7 Å². The zero-order chi connectivity index (χ0) is 18.5. The van der Waals surface area contributed by atoms with Crippen molar-refractivity contribution in [2.24, 2.45) is 0 Å². The molecule has 0 atom stereocenters. The standard InChI is InChI=1S/C19H20ClN3O3/c1-26-19(25)12-6-7-15(20)16(10-12)23-18(24)17-11-14(8-9-21-17)22-13-4-2-3-5-13/h6-11,13H,2-5H2,1H3,(H,21,22)(H,23,24). The Bertz CT molecular complexity index is 819. The van der Waals surface area contributed by atoms with Crippen LogP contribution < -0.4 is 10.6 Å². The summed E-state index contributed by atoms with van der Waals surface area (Å²) in [4.78, 5) is 28.3. The molecule has 7 heteroatoms. The average Bonchev–Trinajstić information content (AvgIpc) is 3.16. The number of hydrogen-bond donors (Lipinski definition) is 2. The predicted octanol–water partition coefficient (Wildman–Crippen LogP) is 4.13. The van der Waals surface area contributed by atoms with E-state index in [-0.39, 0.29) is 5.69 Å². The van der Waals surface area contributed by atoms with Crippen LogP contribution in [0, 0.1) is 0 Å². The van der Waals surface area contributed by atoms with Crippen LogP contribution in [0.5, 0.6) is 0 Å². The Kier molecular flexibility index (Phi) is 5.73. The Morgan fingerprint density at radius 1 is 1.19 bits per heavy atom. The fraction of sp³-hybridized carbons (Fsp3) is 0.316. The van der Waals surface area contributed by atoms with Gasteiger partial charge in [0, 0.05) is 17.9 Å². The summed E-state index contributed by atoms with van der Waals surface area (Å²) in [5.41, 5.74) is 1.77. The van der Waals surface area contributed by atoms with Crippen LogP contribution in [0.1, 0.15) is 46.5 Å². The number of carbonyl (C=O) groups is 2. The molecule has 136 valence electrons. The molecule has 1 aromatic heterocycles. The van der Waals surface area contributed by atoms with E-state index in [2.05, 4.69) is 20.4 Å². The van der Waals surface area contributed by atoms with Gasteiger partial charge in [-0.2, -0.15) is 0 Å². The molecule has 1 aliphatic carbocycles. The van der Waals surface area contributed by atoms with Gasteiger partial charge in [-0.15, -0.1) is 0 Å². The number of halogens is 1. The minimum atomic E-state index is -0.502. The number of esters is 1. The lowest BCUT2D eigenvalue weighted by Crippen LogP contribution is -2.17. The summed E-state index contributed by atoms with van der Waals surface area (Å²) in [6.07, 6.45) is 6.33. The Balaban J connectivity index is 1.74. The smallest absolute Gasteiger partial charge is 0.337 e. The largest absolute Gasteiger partial charge is 0.465 e. The van der Waals surface area contributed by atoms with Crippen molar-refractivity contribution in [1.29, 1.82) is 0 Å². The van der Waals surface area contributed by atoms with Crippen molar-refractivity contribution in [3.05, 3.63) is 52.8 Å². The molecule has 1 aromatic carbocycles. The number of aromatic nitrogens is 1. The third-order valence-electron chi connectivity index (χ3n) is 4.35. The molecule has 1 saturated carbocycles. The first-order valence-corrected chi connectivity index (χ1v) is 8.86. The fourth-order valence-electron chi connectivity index (χ4n) is 3.00. The van der Waals surface area contributed by atoms with Crippen LogP contribution in [-0.4, -0.2) is 30.0 Å². The lowest BCUT2D eigenvalue weighted by atomic mass is 10.2. The normalized spacial score (nSPS) is 14.1. The van der Waals surface area contributed by atoms with Crippen LogP contribution in [0.3, 0.4) is 0 Å². The molecule has 0 aliphatic heterocycles. The molecule has 6 nitrogen and oxygen atoms in total. The molecule has 1 aliphatic rings. The van der Waals surface area contributed by atoms with Crippen LogP contribution in [0.25, 0.3) is 0 Å². The quantitative estimate of drug-likeness (QED) is 0.770. The molecule has 0 bridgehead atoms. The number of amides is 1. The van der Waals surface area contributed by atoms with Crippen LogP contribution in [0.15, 0.2) is 36.5 Å². The maximum absolute atomic E-state index is 12.5. The van der Waals surface area contributed by atoms with Crippen LogP contribution in [0.4, 0.5) is 11.4 Å². The lowest BCUT2D eigenvalue weighted by Gasteiger charge is -2.14. The second-order valence-corrected chi connectivity index (χ2v) is 6.60. The van der Waals surface area contributed by atoms with Crippen molar-refractivity contribution < 1.29 is 14.3 Å². The molecule has 2 N–H and O–H groups in total. The summed E-state index contributed by atoms with van der Waals surface area (Å²) in [5, 5.41) is 6.46. The SMILES string of the molecule is COC(=O)c1ccc(Cl)c(NC(=O)c2cc(NC3CCCC3)ccn2)c1. The van der Waals surface area contributed by atoms with Gasteiger partial charge in [-0.25, -0.2) is 4.79 Å². The van der Waals surface area contributed by atoms with E-state index in [0.717, 1.165) is 18.5 Å². The van der Waals surface area contributed by atoms with Crippen molar-refractivity contribution in [1.82, 2.24) is 4.98 Å². The topological polar surface area (TPSA) is 80.3 Å². The van der Waals surface area contributed by atoms with Crippen LogP contribution in [-0.2, 0) is 4.74 Å². The van der Waals surface area contributed by atoms with Crippen molar-refractivity contribution in [3.8, 4) is 0 Å². The molecule has 3 rings (SSSR count). The number of rotatable bonds is 5. The van der Waals surface area contributed by atoms with E-state index in [1.165, 1.54) is 38.2 Å². The van der Waals surface area contributed by atoms with E-state index < -0.39 is 11.9 Å². The maximum Gasteiger partial charge on any atom is 0.337 e. The minimum Gasteiger partial charge on any atom is -0.465 e. The maximum atomic E-state index is 12.5. The Labute approximate surface area is 156 Å². The summed E-state index contributed by atoms with van der Waals surface area (Å²) in [7, 11) is 1.29. The van der Waals surface area contributed by atoms with Crippen molar-refractivity contribution in [3.63, 3.8) is 0 Å². The number of nitrogens with zero attached hydrogens (tertiary/aromatic N) is 1. The van der Waals surface area contributed by atoms with Crippen molar-refractivity contribution >= 4 is 34.9 Å². The first kappa shape index (κ1) is 18.2. The second-order valence-electron chi connectivity index (χ2n) is 6.20. The zero-order valence-corrected chi connectivity index (χ0v) is 15.2. The number of carbonyl (C=O) groups excluding carboxylic acids is 2. The Morgan fingerprint density at radius 3 is 2.69 bits per heavy atom. The number of ether oxygens (including phenoxy) is 1. The van der Waals surface area contributed by atoms with E-state index >= 15 is 0 Å². The van der Waals surface area contributed by atoms with Gasteiger partial charge < -0.3 is 15.4 Å². The van der Waals surface area contributed by atoms with Gasteiger partial charge in [0.2, 0.25) is 0 Å². The number of hydrogen-bond acceptors (Lipinski definition) is 5. The second kappa shape index (κ2) is 8.19. The highest BCUT2D eigenvalue weighted by molar-refractivity contribution is 6.34. The number of anilines is 2. The minimum absolute atomic E-state index is 0.271. The molecule has 1 fully saturated rings. The highest BCUT2D eigenvalue weighted by Gasteiger charge is 2.16. The summed E-state index contributed by atoms with van der Waals surface area (Å²) < 4.78 is 4.68. The predicted molar refractivity (Wildman–Crippen MR) is 101 cm³/mol. The molecule has 2 aromatic rings. The van der Waals surface area contributed by atoms with E-state index in [4.69, 9.17) is 11.6 Å². The molecule has 0 unspecified atom stereocenters. The van der Waals surface area contributed by atoms with Crippen LogP contribution >= 0.6 is 11.6 Å². The van der Waals surface area contributed by atoms with Gasteiger partial charge in [0.25, 0.3) is 5.91 Å². The van der Waals surface area contributed by atoms with Gasteiger partial charge in [0.15, 0.2) is 0 Å². The summed E-state index contributed by atoms with van der Waals surface area (Å²) in [6.45, 7) is 0. The van der Waals surface area contributed by atoms with Gasteiger partial charge in [0.1, 0.15) is 5.69 Å². The fourth-order valence-corrected chi connectivity index (χ4v) is 3.17. The Morgan fingerprint density at radius 2 is 1.96 bits per heavy atom. The van der Waals surface area contributed by atoms with Gasteiger partial charge in [-0.05, 0) is 43.2 Å². The molecule has 1 heterocycles. The Hall–Kier alpha value is -2.60. The van der Waals surface area contributed by atoms with Gasteiger partial charge in [-0.3, -0.25) is 9.78 Å². The van der Waals surface area contributed by atoms with E-state index in [9.17, 15) is 9.59 Å². The number of nitrogens with one attached hydrogen (secondary N) is 2. The van der Waals surface area contributed by atoms with Gasteiger partial charge in [0.05, 0.1) is 23.4 Å². The van der Waals surface area contributed by atoms with Crippen LogP contribution in [0.2, 0.25) is 5.02 Å². The highest BCUT2D eigenvalue weighted by Crippen LogP contribution is 2.25. The summed E-state index contributed by atoms with van der Waals surface area (Å²) >= 11 is 6.12. The lowest BCUT2D eigenvalue weighted by molar-refractivity contribution is 0.0600. The molecule has 0 spiro atoms. The van der Waals surface area contributed by atoms with E-state index in [1.54, 1.807) is 12.3 Å². The highest BCUT2D eigenvalue weighted by atomic mass is 35.5. The van der Waals surface area contributed by atoms with Gasteiger partial charge in [-0.1, -0.05) is 24.4 Å². The van der Waals surface area contributed by atoms with E-state index in [1.807, 2.05) is 6.07 Å².